The number of ether oxygens (including phenoxy) is 1. The van der Waals surface area contributed by atoms with Gasteiger partial charge in [0, 0.05) is 13.1 Å². The zero-order valence-corrected chi connectivity index (χ0v) is 17.9. The third kappa shape index (κ3) is 5.31. The Labute approximate surface area is 177 Å². The number of para-hydroxylation sites is 3. The summed E-state index contributed by atoms with van der Waals surface area (Å²) in [6, 6.07) is 17.0. The number of anilines is 1. The molecule has 30 heavy (non-hydrogen) atoms. The van der Waals surface area contributed by atoms with Crippen LogP contribution in [0.15, 0.2) is 54.6 Å². The third-order valence-corrected chi connectivity index (χ3v) is 6.55. The van der Waals surface area contributed by atoms with Gasteiger partial charge in [-0.15, -0.1) is 0 Å². The number of rotatable bonds is 9. The molecule has 160 valence electrons. The highest BCUT2D eigenvalue weighted by Crippen LogP contribution is 2.21. The van der Waals surface area contributed by atoms with Gasteiger partial charge in [0.25, 0.3) is 0 Å². The van der Waals surface area contributed by atoms with E-state index in [4.69, 9.17) is 4.74 Å². The molecular formula is C22H28N4O3S. The minimum atomic E-state index is -3.59. The van der Waals surface area contributed by atoms with Crippen molar-refractivity contribution < 1.29 is 13.2 Å². The molecule has 0 aliphatic carbocycles. The topological polar surface area (TPSA) is 76.5 Å². The lowest BCUT2D eigenvalue weighted by atomic mass is 10.1. The van der Waals surface area contributed by atoms with E-state index in [0.717, 1.165) is 30.7 Å². The van der Waals surface area contributed by atoms with Gasteiger partial charge in [0.05, 0.1) is 11.0 Å². The van der Waals surface area contributed by atoms with Crippen molar-refractivity contribution in [3.05, 3.63) is 54.6 Å². The largest absolute Gasteiger partial charge is 0.492 e. The first kappa shape index (κ1) is 20.7. The molecular weight excluding hydrogens is 400 g/mol. The number of aromatic nitrogens is 2. The second-order valence-electron chi connectivity index (χ2n) is 7.56. The van der Waals surface area contributed by atoms with E-state index in [0.29, 0.717) is 18.2 Å². The van der Waals surface area contributed by atoms with Crippen LogP contribution in [0, 0.1) is 0 Å². The molecule has 3 aromatic rings. The molecule has 1 aliphatic heterocycles. The molecule has 0 bridgehead atoms. The smallest absolute Gasteiger partial charge is 0.238 e. The van der Waals surface area contributed by atoms with Crippen LogP contribution in [0.3, 0.4) is 0 Å². The monoisotopic (exact) mass is 428 g/mol. The van der Waals surface area contributed by atoms with Crippen molar-refractivity contribution in [3.63, 3.8) is 0 Å². The summed E-state index contributed by atoms with van der Waals surface area (Å²) in [4.78, 5) is 6.98. The predicted molar refractivity (Wildman–Crippen MR) is 119 cm³/mol. The number of hydrogen-bond donors (Lipinski definition) is 1. The third-order valence-electron chi connectivity index (χ3n) is 5.35. The highest BCUT2D eigenvalue weighted by molar-refractivity contribution is 7.92. The number of sulfonamides is 1. The molecule has 1 fully saturated rings. The first-order chi connectivity index (χ1) is 14.6. The van der Waals surface area contributed by atoms with Crippen molar-refractivity contribution >= 4 is 27.0 Å². The van der Waals surface area contributed by atoms with Gasteiger partial charge in [-0.1, -0.05) is 36.8 Å². The molecule has 0 radical (unpaired) electrons. The summed E-state index contributed by atoms with van der Waals surface area (Å²) in [5.74, 6) is 0.881. The van der Waals surface area contributed by atoms with Crippen molar-refractivity contribution in [2.75, 3.05) is 36.7 Å². The molecule has 4 rings (SSSR count). The maximum Gasteiger partial charge on any atom is 0.238 e. The van der Waals surface area contributed by atoms with Gasteiger partial charge in [-0.3, -0.25) is 4.72 Å². The SMILES string of the molecule is O=S(=O)(CCOc1ccccc1)Nc1nc2ccccc2n1CCN1CCCCC1. The Morgan fingerprint density at radius 1 is 0.933 bits per heavy atom. The first-order valence-corrected chi connectivity index (χ1v) is 12.1. The highest BCUT2D eigenvalue weighted by atomic mass is 32.2. The second kappa shape index (κ2) is 9.49. The van der Waals surface area contributed by atoms with E-state index >= 15 is 0 Å². The Kier molecular flexibility index (Phi) is 6.54. The van der Waals surface area contributed by atoms with Gasteiger partial charge in [0.1, 0.15) is 18.1 Å². The van der Waals surface area contributed by atoms with Crippen LogP contribution in [-0.2, 0) is 16.6 Å². The number of nitrogens with one attached hydrogen (secondary N) is 1. The second-order valence-corrected chi connectivity index (χ2v) is 9.40. The van der Waals surface area contributed by atoms with E-state index in [-0.39, 0.29) is 12.4 Å². The Hall–Kier alpha value is -2.58. The van der Waals surface area contributed by atoms with Crippen LogP contribution in [0.5, 0.6) is 5.75 Å². The summed E-state index contributed by atoms with van der Waals surface area (Å²) < 4.78 is 35.5. The van der Waals surface area contributed by atoms with Crippen molar-refractivity contribution in [1.29, 1.82) is 0 Å². The Balaban J connectivity index is 1.45. The van der Waals surface area contributed by atoms with Gasteiger partial charge < -0.3 is 14.2 Å². The maximum atomic E-state index is 12.7. The number of fused-ring (bicyclic) bond motifs is 1. The molecule has 8 heteroatoms. The van der Waals surface area contributed by atoms with Crippen LogP contribution in [-0.4, -0.2) is 54.9 Å². The van der Waals surface area contributed by atoms with E-state index in [2.05, 4.69) is 14.6 Å². The molecule has 1 aromatic heterocycles. The molecule has 1 N–H and O–H groups in total. The van der Waals surface area contributed by atoms with Gasteiger partial charge >= 0.3 is 0 Å². The lowest BCUT2D eigenvalue weighted by molar-refractivity contribution is 0.222. The average molecular weight is 429 g/mol. The van der Waals surface area contributed by atoms with E-state index in [1.54, 1.807) is 12.1 Å². The zero-order chi connectivity index (χ0) is 20.8. The number of piperidine rings is 1. The summed E-state index contributed by atoms with van der Waals surface area (Å²) >= 11 is 0. The zero-order valence-electron chi connectivity index (χ0n) is 17.0. The normalized spacial score (nSPS) is 15.3. The Morgan fingerprint density at radius 3 is 2.47 bits per heavy atom. The van der Waals surface area contributed by atoms with E-state index in [1.165, 1.54) is 19.3 Å². The molecule has 1 saturated heterocycles. The highest BCUT2D eigenvalue weighted by Gasteiger charge is 2.18. The fraction of sp³-hybridized carbons (Fsp3) is 0.409. The Morgan fingerprint density at radius 2 is 1.67 bits per heavy atom. The molecule has 7 nitrogen and oxygen atoms in total. The fourth-order valence-corrected chi connectivity index (χ4v) is 4.62. The van der Waals surface area contributed by atoms with Crippen LogP contribution in [0.25, 0.3) is 11.0 Å². The van der Waals surface area contributed by atoms with Gasteiger partial charge in [0.2, 0.25) is 16.0 Å². The van der Waals surface area contributed by atoms with Gasteiger partial charge in [0.15, 0.2) is 0 Å². The van der Waals surface area contributed by atoms with Gasteiger partial charge in [-0.25, -0.2) is 13.4 Å². The lowest BCUT2D eigenvalue weighted by Gasteiger charge is -2.26. The quantitative estimate of drug-likeness (QED) is 0.566. The van der Waals surface area contributed by atoms with E-state index < -0.39 is 10.0 Å². The van der Waals surface area contributed by atoms with Crippen molar-refractivity contribution in [1.82, 2.24) is 14.5 Å². The summed E-state index contributed by atoms with van der Waals surface area (Å²) in [5.41, 5.74) is 1.72. The molecule has 0 unspecified atom stereocenters. The first-order valence-electron chi connectivity index (χ1n) is 10.5. The maximum absolute atomic E-state index is 12.7. The molecule has 0 spiro atoms. The summed E-state index contributed by atoms with van der Waals surface area (Å²) in [7, 11) is -3.59. The predicted octanol–water partition coefficient (Wildman–Crippen LogP) is 3.34. The molecule has 2 aromatic carbocycles. The standard InChI is InChI=1S/C22H28N4O3S/c27-30(28,18-17-29-19-9-3-1-4-10-19)24-22-23-20-11-5-6-12-21(20)26(22)16-15-25-13-7-2-8-14-25/h1,3-6,9-12H,2,7-8,13-18H2,(H,23,24). The number of hydrogen-bond acceptors (Lipinski definition) is 5. The minimum absolute atomic E-state index is 0.0767. The lowest BCUT2D eigenvalue weighted by Crippen LogP contribution is -2.33. The minimum Gasteiger partial charge on any atom is -0.492 e. The average Bonchev–Trinajstić information content (AvgIpc) is 3.10. The van der Waals surface area contributed by atoms with Gasteiger partial charge in [-0.05, 0) is 50.2 Å². The van der Waals surface area contributed by atoms with Crippen LogP contribution in [0.4, 0.5) is 5.95 Å². The number of benzene rings is 2. The van der Waals surface area contributed by atoms with Crippen LogP contribution in [0.1, 0.15) is 19.3 Å². The summed E-state index contributed by atoms with van der Waals surface area (Å²) in [6.07, 6.45) is 3.75. The number of nitrogens with zero attached hydrogens (tertiary/aromatic N) is 3. The Bertz CT molecular complexity index is 1060. The summed E-state index contributed by atoms with van der Waals surface area (Å²) in [5, 5.41) is 0. The number of imidazole rings is 1. The van der Waals surface area contributed by atoms with E-state index in [9.17, 15) is 8.42 Å². The molecule has 0 amide bonds. The van der Waals surface area contributed by atoms with Crippen LogP contribution in [0.2, 0.25) is 0 Å². The van der Waals surface area contributed by atoms with Crippen LogP contribution >= 0.6 is 0 Å². The molecule has 0 atom stereocenters. The van der Waals surface area contributed by atoms with E-state index in [1.807, 2.05) is 47.0 Å². The summed E-state index contributed by atoms with van der Waals surface area (Å²) in [6.45, 7) is 3.85. The molecule has 2 heterocycles. The number of likely N-dealkylation sites (tertiary alicyclic amines) is 1. The van der Waals surface area contributed by atoms with Crippen molar-refractivity contribution in [2.24, 2.45) is 0 Å². The fourth-order valence-electron chi connectivity index (χ4n) is 3.78. The molecule has 1 aliphatic rings. The van der Waals surface area contributed by atoms with Gasteiger partial charge in [-0.2, -0.15) is 0 Å². The van der Waals surface area contributed by atoms with Crippen molar-refractivity contribution in [2.45, 2.75) is 25.8 Å². The van der Waals surface area contributed by atoms with Crippen molar-refractivity contribution in [3.8, 4) is 5.75 Å². The van der Waals surface area contributed by atoms with Crippen LogP contribution < -0.4 is 9.46 Å². The molecule has 0 saturated carbocycles.